The molecule has 2 rings (SSSR count). The molecule has 0 aromatic carbocycles. The summed E-state index contributed by atoms with van der Waals surface area (Å²) in [5.41, 5.74) is -0.628. The molecule has 1 N–H and O–H groups in total. The molecule has 1 saturated carbocycles. The molecule has 2 nitrogen and oxygen atoms in total. The summed E-state index contributed by atoms with van der Waals surface area (Å²) in [7, 11) is 0. The van der Waals surface area contributed by atoms with E-state index in [4.69, 9.17) is 4.74 Å². The highest BCUT2D eigenvalue weighted by molar-refractivity contribution is 5.17. The minimum Gasteiger partial charge on any atom is -0.495 e. The normalized spacial score (nSPS) is 27.7. The summed E-state index contributed by atoms with van der Waals surface area (Å²) in [6.45, 7) is 2.78. The van der Waals surface area contributed by atoms with E-state index in [2.05, 4.69) is 0 Å². The highest BCUT2D eigenvalue weighted by Crippen LogP contribution is 2.46. The van der Waals surface area contributed by atoms with Crippen molar-refractivity contribution in [2.24, 2.45) is 5.92 Å². The SMILES string of the molecule is CCC(O)(C1=CCCO1)C1CC1. The van der Waals surface area contributed by atoms with Gasteiger partial charge in [-0.3, -0.25) is 0 Å². The highest BCUT2D eigenvalue weighted by Gasteiger charge is 2.46. The number of hydrogen-bond donors (Lipinski definition) is 1. The van der Waals surface area contributed by atoms with Crippen LogP contribution in [-0.4, -0.2) is 17.3 Å². The maximum Gasteiger partial charge on any atom is 0.124 e. The summed E-state index contributed by atoms with van der Waals surface area (Å²) in [5, 5.41) is 10.3. The van der Waals surface area contributed by atoms with Crippen LogP contribution in [0, 0.1) is 5.92 Å². The van der Waals surface area contributed by atoms with Crippen LogP contribution in [0.25, 0.3) is 0 Å². The highest BCUT2D eigenvalue weighted by atomic mass is 16.5. The summed E-state index contributed by atoms with van der Waals surface area (Å²) >= 11 is 0. The lowest BCUT2D eigenvalue weighted by molar-refractivity contribution is -0.00239. The van der Waals surface area contributed by atoms with Gasteiger partial charge in [0.15, 0.2) is 0 Å². The molecule has 68 valence electrons. The predicted octanol–water partition coefficient (Wildman–Crippen LogP) is 1.84. The van der Waals surface area contributed by atoms with Crippen molar-refractivity contribution in [3.8, 4) is 0 Å². The first kappa shape index (κ1) is 8.11. The second-order valence-electron chi connectivity index (χ2n) is 3.76. The molecule has 0 bridgehead atoms. The molecule has 1 heterocycles. The monoisotopic (exact) mass is 168 g/mol. The molecular weight excluding hydrogens is 152 g/mol. The fourth-order valence-electron chi connectivity index (χ4n) is 1.94. The molecule has 1 atom stereocenters. The Balaban J connectivity index is 2.14. The van der Waals surface area contributed by atoms with Gasteiger partial charge in [-0.1, -0.05) is 6.92 Å². The molecule has 1 fully saturated rings. The van der Waals surface area contributed by atoms with Crippen molar-refractivity contribution in [1.29, 1.82) is 0 Å². The lowest BCUT2D eigenvalue weighted by Gasteiger charge is -2.27. The van der Waals surface area contributed by atoms with Gasteiger partial charge in [0.1, 0.15) is 11.4 Å². The van der Waals surface area contributed by atoms with E-state index in [0.717, 1.165) is 38.0 Å². The Morgan fingerprint density at radius 1 is 1.67 bits per heavy atom. The standard InChI is InChI=1S/C10H16O2/c1-2-10(11,8-5-6-8)9-4-3-7-12-9/h4,8,11H,2-3,5-7H2,1H3. The van der Waals surface area contributed by atoms with E-state index >= 15 is 0 Å². The molecule has 0 aromatic heterocycles. The zero-order chi connectivity index (χ0) is 8.60. The van der Waals surface area contributed by atoms with Crippen LogP contribution in [0.1, 0.15) is 32.6 Å². The van der Waals surface area contributed by atoms with Gasteiger partial charge in [0.2, 0.25) is 0 Å². The minimum absolute atomic E-state index is 0.465. The van der Waals surface area contributed by atoms with Gasteiger partial charge in [0.05, 0.1) is 6.61 Å². The summed E-state index contributed by atoms with van der Waals surface area (Å²) in [5.74, 6) is 1.30. The average Bonchev–Trinajstić information content (AvgIpc) is 2.80. The van der Waals surface area contributed by atoms with Crippen LogP contribution >= 0.6 is 0 Å². The van der Waals surface area contributed by atoms with Crippen LogP contribution in [0.4, 0.5) is 0 Å². The smallest absolute Gasteiger partial charge is 0.124 e. The fourth-order valence-corrected chi connectivity index (χ4v) is 1.94. The van der Waals surface area contributed by atoms with Crippen LogP contribution < -0.4 is 0 Å². The van der Waals surface area contributed by atoms with Gasteiger partial charge in [0, 0.05) is 6.42 Å². The maximum absolute atomic E-state index is 10.3. The number of aliphatic hydroxyl groups is 1. The average molecular weight is 168 g/mol. The van der Waals surface area contributed by atoms with Crippen molar-refractivity contribution >= 4 is 0 Å². The van der Waals surface area contributed by atoms with Crippen molar-refractivity contribution in [3.05, 3.63) is 11.8 Å². The van der Waals surface area contributed by atoms with Gasteiger partial charge in [0.25, 0.3) is 0 Å². The van der Waals surface area contributed by atoms with Crippen molar-refractivity contribution in [3.63, 3.8) is 0 Å². The fraction of sp³-hybridized carbons (Fsp3) is 0.800. The summed E-state index contributed by atoms with van der Waals surface area (Å²) in [6, 6.07) is 0. The molecule has 2 aliphatic rings. The summed E-state index contributed by atoms with van der Waals surface area (Å²) in [6.07, 6.45) is 6.10. The van der Waals surface area contributed by atoms with Crippen molar-refractivity contribution < 1.29 is 9.84 Å². The molecule has 0 aromatic rings. The van der Waals surface area contributed by atoms with Crippen LogP contribution in [-0.2, 0) is 4.74 Å². The van der Waals surface area contributed by atoms with Crippen molar-refractivity contribution in [2.45, 2.75) is 38.2 Å². The summed E-state index contributed by atoms with van der Waals surface area (Å²) in [4.78, 5) is 0. The van der Waals surface area contributed by atoms with Gasteiger partial charge in [-0.25, -0.2) is 0 Å². The number of rotatable bonds is 3. The van der Waals surface area contributed by atoms with E-state index in [9.17, 15) is 5.11 Å². The van der Waals surface area contributed by atoms with E-state index < -0.39 is 5.60 Å². The van der Waals surface area contributed by atoms with Crippen LogP contribution in [0.3, 0.4) is 0 Å². The topological polar surface area (TPSA) is 29.5 Å². The molecule has 0 radical (unpaired) electrons. The molecule has 0 spiro atoms. The lowest BCUT2D eigenvalue weighted by atomic mass is 9.92. The van der Waals surface area contributed by atoms with Crippen molar-refractivity contribution in [2.75, 3.05) is 6.61 Å². The lowest BCUT2D eigenvalue weighted by Crippen LogP contribution is -2.33. The van der Waals surface area contributed by atoms with E-state index in [1.54, 1.807) is 0 Å². The van der Waals surface area contributed by atoms with E-state index in [1.807, 2.05) is 13.0 Å². The molecule has 0 amide bonds. The Kier molecular flexibility index (Phi) is 1.87. The molecular formula is C10H16O2. The molecule has 1 aliphatic carbocycles. The Labute approximate surface area is 73.2 Å². The third-order valence-corrected chi connectivity index (χ3v) is 2.92. The Hall–Kier alpha value is -0.500. The number of ether oxygens (including phenoxy) is 1. The molecule has 2 heteroatoms. The first-order valence-electron chi connectivity index (χ1n) is 4.83. The first-order valence-corrected chi connectivity index (χ1v) is 4.83. The zero-order valence-electron chi connectivity index (χ0n) is 7.55. The second kappa shape index (κ2) is 2.77. The van der Waals surface area contributed by atoms with Crippen LogP contribution in [0.15, 0.2) is 11.8 Å². The Bertz CT molecular complexity index is 206. The van der Waals surface area contributed by atoms with Gasteiger partial charge >= 0.3 is 0 Å². The quantitative estimate of drug-likeness (QED) is 0.696. The van der Waals surface area contributed by atoms with E-state index in [1.165, 1.54) is 0 Å². The number of hydrogen-bond acceptors (Lipinski definition) is 2. The van der Waals surface area contributed by atoms with Crippen LogP contribution in [0.5, 0.6) is 0 Å². The van der Waals surface area contributed by atoms with Gasteiger partial charge in [-0.15, -0.1) is 0 Å². The first-order chi connectivity index (χ1) is 5.77. The summed E-state index contributed by atoms with van der Waals surface area (Å²) < 4.78 is 5.42. The third kappa shape index (κ3) is 1.14. The maximum atomic E-state index is 10.3. The molecule has 12 heavy (non-hydrogen) atoms. The predicted molar refractivity (Wildman–Crippen MR) is 46.6 cm³/mol. The Morgan fingerprint density at radius 3 is 2.83 bits per heavy atom. The van der Waals surface area contributed by atoms with Gasteiger partial charge < -0.3 is 9.84 Å². The minimum atomic E-state index is -0.628. The second-order valence-corrected chi connectivity index (χ2v) is 3.76. The van der Waals surface area contributed by atoms with Gasteiger partial charge in [-0.2, -0.15) is 0 Å². The van der Waals surface area contributed by atoms with Crippen molar-refractivity contribution in [1.82, 2.24) is 0 Å². The molecule has 0 saturated heterocycles. The van der Waals surface area contributed by atoms with Gasteiger partial charge in [-0.05, 0) is 31.3 Å². The van der Waals surface area contributed by atoms with E-state index in [-0.39, 0.29) is 0 Å². The molecule has 1 unspecified atom stereocenters. The van der Waals surface area contributed by atoms with E-state index in [0.29, 0.717) is 5.92 Å². The Morgan fingerprint density at radius 2 is 2.42 bits per heavy atom. The molecule has 1 aliphatic heterocycles. The third-order valence-electron chi connectivity index (χ3n) is 2.92. The zero-order valence-corrected chi connectivity index (χ0v) is 7.55. The largest absolute Gasteiger partial charge is 0.495 e. The van der Waals surface area contributed by atoms with Crippen LogP contribution in [0.2, 0.25) is 0 Å².